The number of carbonyl (C=O) groups is 2. The second-order valence-electron chi connectivity index (χ2n) is 10.2. The summed E-state index contributed by atoms with van der Waals surface area (Å²) in [5.74, 6) is 4.43. The van der Waals surface area contributed by atoms with Crippen molar-refractivity contribution in [3.63, 3.8) is 0 Å². The van der Waals surface area contributed by atoms with Gasteiger partial charge < -0.3 is 0 Å². The highest BCUT2D eigenvalue weighted by Gasteiger charge is 2.30. The van der Waals surface area contributed by atoms with Crippen LogP contribution in [0.1, 0.15) is 27.7 Å². The largest absolute Gasteiger partial charge is 0.307 e. The first-order valence-electron chi connectivity index (χ1n) is 13.6. The fourth-order valence-electron chi connectivity index (χ4n) is 4.08. The van der Waals surface area contributed by atoms with Gasteiger partial charge in [0, 0.05) is 22.7 Å². The zero-order valence-corrected chi connectivity index (χ0v) is 25.3. The summed E-state index contributed by atoms with van der Waals surface area (Å²) in [5, 5.41) is 0. The Balaban J connectivity index is 1.64. The predicted molar refractivity (Wildman–Crippen MR) is 173 cm³/mol. The molecule has 0 aliphatic rings. The molecule has 43 heavy (non-hydrogen) atoms. The van der Waals surface area contributed by atoms with Crippen molar-refractivity contribution in [2.75, 3.05) is 9.80 Å². The van der Waals surface area contributed by atoms with Crippen molar-refractivity contribution >= 4 is 45.6 Å². The lowest BCUT2D eigenvalue weighted by molar-refractivity contribution is -0.114. The molecule has 0 spiro atoms. The summed E-state index contributed by atoms with van der Waals surface area (Å²) in [5.41, 5.74) is 4.70. The van der Waals surface area contributed by atoms with E-state index in [0.29, 0.717) is 28.3 Å². The topological polar surface area (TPSA) is 66.9 Å². The molecule has 0 aliphatic carbocycles. The Morgan fingerprint density at radius 2 is 1.02 bits per heavy atom. The van der Waals surface area contributed by atoms with E-state index in [1.807, 2.05) is 97.1 Å². The maximum absolute atomic E-state index is 14.0. The monoisotopic (exact) mass is 588 g/mol. The Hall–Kier alpha value is -4.99. The van der Waals surface area contributed by atoms with E-state index in [2.05, 4.69) is 17.6 Å². The summed E-state index contributed by atoms with van der Waals surface area (Å²) >= 11 is -2.28. The minimum Gasteiger partial charge on any atom is -0.276 e. The molecular weight excluding hydrogens is 556 g/mol. The number of amides is 2. The van der Waals surface area contributed by atoms with E-state index in [9.17, 15) is 13.8 Å². The summed E-state index contributed by atoms with van der Waals surface area (Å²) in [6.45, 7) is 6.70. The molecule has 0 saturated carbocycles. The molecule has 1 unspecified atom stereocenters. The lowest BCUT2D eigenvalue weighted by Gasteiger charge is -2.24. The summed E-state index contributed by atoms with van der Waals surface area (Å²) in [7, 11) is 0. The number of nitrogens with zero attached hydrogens (tertiary/aromatic N) is 2. The van der Waals surface area contributed by atoms with Crippen molar-refractivity contribution in [2.45, 2.75) is 33.3 Å². The van der Waals surface area contributed by atoms with Gasteiger partial charge in [0.05, 0.1) is 0 Å². The lowest BCUT2D eigenvalue weighted by atomic mass is 10.1. The molecule has 0 aromatic heterocycles. The van der Waals surface area contributed by atoms with Crippen LogP contribution in [0, 0.1) is 11.8 Å². The number of anilines is 4. The Morgan fingerprint density at radius 3 is 1.40 bits per heavy atom. The van der Waals surface area contributed by atoms with Gasteiger partial charge in [-0.05, 0) is 87.7 Å². The maximum Gasteiger partial charge on any atom is 0.307 e. The van der Waals surface area contributed by atoms with Crippen molar-refractivity contribution in [1.82, 2.24) is 0 Å². The molecule has 0 radical (unpaired) electrons. The zero-order valence-electron chi connectivity index (χ0n) is 24.5. The third kappa shape index (κ3) is 8.28. The van der Waals surface area contributed by atoms with Crippen molar-refractivity contribution in [2.24, 2.45) is 0 Å². The number of hydrogen-bond donors (Lipinski definition) is 0. The summed E-state index contributed by atoms with van der Waals surface area (Å²) < 4.78 is 19.5. The van der Waals surface area contributed by atoms with Gasteiger partial charge in [-0.15, -0.1) is 0 Å². The number of hydrogen-bond acceptors (Lipinski definition) is 4. The van der Waals surface area contributed by atoms with Crippen LogP contribution in [0.4, 0.5) is 22.7 Å². The second-order valence-corrected chi connectivity index (χ2v) is 11.2. The van der Waals surface area contributed by atoms with E-state index < -0.39 is 28.5 Å². The highest BCUT2D eigenvalue weighted by molar-refractivity contribution is 7.85. The van der Waals surface area contributed by atoms with E-state index in [-0.39, 0.29) is 4.91 Å². The Labute approximate surface area is 255 Å². The van der Waals surface area contributed by atoms with Crippen LogP contribution in [0.25, 0.3) is 0 Å². The van der Waals surface area contributed by atoms with E-state index in [1.54, 1.807) is 52.0 Å². The predicted octanol–water partition coefficient (Wildman–Crippen LogP) is 7.63. The molecule has 0 N–H and O–H groups in total. The molecule has 0 saturated heterocycles. The van der Waals surface area contributed by atoms with Gasteiger partial charge in [0.25, 0.3) is 5.91 Å². The molecule has 0 fully saturated rings. The number of para-hydroxylation sites is 4. The van der Waals surface area contributed by atoms with Gasteiger partial charge in [-0.3, -0.25) is 23.6 Å². The summed E-state index contributed by atoms with van der Waals surface area (Å²) in [6.07, 6.45) is 0. The van der Waals surface area contributed by atoms with Crippen LogP contribution in [-0.2, 0) is 24.9 Å². The molecule has 4 aromatic rings. The normalized spacial score (nSPS) is 11.3. The molecule has 0 aliphatic heterocycles. The van der Waals surface area contributed by atoms with Crippen molar-refractivity contribution in [1.29, 1.82) is 0 Å². The quantitative estimate of drug-likeness (QED) is 0.121. The van der Waals surface area contributed by atoms with Crippen molar-refractivity contribution < 1.29 is 18.0 Å². The second kappa shape index (κ2) is 14.3. The third-order valence-corrected chi connectivity index (χ3v) is 7.12. The summed E-state index contributed by atoms with van der Waals surface area (Å²) in [4.78, 5) is 30.2. The third-order valence-electron chi connectivity index (χ3n) is 5.94. The maximum atomic E-state index is 14.0. The van der Waals surface area contributed by atoms with Crippen LogP contribution in [-0.4, -0.2) is 21.6 Å². The molecule has 0 bridgehead atoms. The van der Waals surface area contributed by atoms with Crippen molar-refractivity contribution in [3.05, 3.63) is 138 Å². The van der Waals surface area contributed by atoms with Gasteiger partial charge in [-0.25, -0.2) is 4.21 Å². The minimum absolute atomic E-state index is 0.177. The van der Waals surface area contributed by atoms with Gasteiger partial charge in [-0.2, -0.15) is 0 Å². The van der Waals surface area contributed by atoms with E-state index in [0.717, 1.165) is 0 Å². The first kappa shape index (κ1) is 31.0. The molecule has 0 heterocycles. The first-order chi connectivity index (χ1) is 20.7. The fourth-order valence-corrected chi connectivity index (χ4v) is 5.11. The van der Waals surface area contributed by atoms with E-state index in [1.165, 1.54) is 9.80 Å². The molecule has 7 heteroatoms. The van der Waals surface area contributed by atoms with Crippen LogP contribution in [0.5, 0.6) is 0 Å². The van der Waals surface area contributed by atoms with Crippen LogP contribution in [0.15, 0.2) is 138 Å². The van der Waals surface area contributed by atoms with Crippen LogP contribution in [0.2, 0.25) is 0 Å². The lowest BCUT2D eigenvalue weighted by Crippen LogP contribution is -2.32. The standard InChI is InChI=1S/C36H32N2O4S/c1-28(2)27-33(35(40)38(31-21-13-7-14-22-31)32-23-15-8-16-24-32)43(41)42-36(3,4)26-25-34(39)37(29-17-9-5-10-18-29)30-19-11-6-12-20-30/h5-24H,1-4H3. The Morgan fingerprint density at radius 1 is 0.651 bits per heavy atom. The molecule has 6 nitrogen and oxygen atoms in total. The first-order valence-corrected chi connectivity index (χ1v) is 14.7. The highest BCUT2D eigenvalue weighted by atomic mass is 32.2. The fraction of sp³-hybridized carbons (Fsp3) is 0.139. The van der Waals surface area contributed by atoms with E-state index >= 15 is 0 Å². The molecular formula is C36H32N2O4S. The number of benzene rings is 4. The molecule has 1 atom stereocenters. The molecule has 216 valence electrons. The van der Waals surface area contributed by atoms with E-state index in [4.69, 9.17) is 4.18 Å². The average Bonchev–Trinajstić information content (AvgIpc) is 3.01. The van der Waals surface area contributed by atoms with Crippen LogP contribution < -0.4 is 9.80 Å². The molecule has 4 rings (SSSR count). The molecule has 2 amide bonds. The Bertz CT molecular complexity index is 1640. The highest BCUT2D eigenvalue weighted by Crippen LogP contribution is 2.29. The van der Waals surface area contributed by atoms with Gasteiger partial charge >= 0.3 is 5.91 Å². The zero-order chi connectivity index (χ0) is 30.8. The summed E-state index contributed by atoms with van der Waals surface area (Å²) in [6, 6.07) is 36.5. The number of carbonyl (C=O) groups excluding carboxylic acids is 2. The number of rotatable bonds is 8. The smallest absolute Gasteiger partial charge is 0.276 e. The Kier molecular flexibility index (Phi) is 10.3. The van der Waals surface area contributed by atoms with Gasteiger partial charge in [0.15, 0.2) is 4.91 Å². The van der Waals surface area contributed by atoms with Gasteiger partial charge in [0.1, 0.15) is 5.60 Å². The van der Waals surface area contributed by atoms with Crippen LogP contribution in [0.3, 0.4) is 0 Å². The average molecular weight is 589 g/mol. The molecule has 4 aromatic carbocycles. The van der Waals surface area contributed by atoms with Crippen molar-refractivity contribution in [3.8, 4) is 11.8 Å². The minimum atomic E-state index is -2.28. The van der Waals surface area contributed by atoms with Gasteiger partial charge in [0.2, 0.25) is 11.1 Å². The van der Waals surface area contributed by atoms with Crippen LogP contribution >= 0.6 is 0 Å². The SMILES string of the molecule is CC(C)=C=C(C(=O)N(c1ccccc1)c1ccccc1)S(=O)OC(C)(C)C#CC(=O)N(c1ccccc1)c1ccccc1. The van der Waals surface area contributed by atoms with Gasteiger partial charge in [-0.1, -0.05) is 84.4 Å².